The molecule has 32 heavy (non-hydrogen) atoms. The smallest absolute Gasteiger partial charge is 0.0641 e. The summed E-state index contributed by atoms with van der Waals surface area (Å²) in [6, 6.07) is 0. The minimum atomic E-state index is -0.588. The molecule has 186 valence electrons. The molecule has 0 aliphatic heterocycles. The van der Waals surface area contributed by atoms with Gasteiger partial charge < -0.3 is 14.6 Å². The highest BCUT2D eigenvalue weighted by Gasteiger charge is 2.60. The number of rotatable bonds is 8. The Morgan fingerprint density at radius 1 is 0.938 bits per heavy atom. The summed E-state index contributed by atoms with van der Waals surface area (Å²) in [4.78, 5) is 0. The Hall–Kier alpha value is -0.120. The topological polar surface area (TPSA) is 38.7 Å². The summed E-state index contributed by atoms with van der Waals surface area (Å²) in [5.41, 5.74) is 0.490. The van der Waals surface area contributed by atoms with E-state index in [4.69, 9.17) is 9.47 Å². The van der Waals surface area contributed by atoms with Crippen molar-refractivity contribution in [3.05, 3.63) is 0 Å². The predicted octanol–water partition coefficient (Wildman–Crippen LogP) is 6.86. The van der Waals surface area contributed by atoms with E-state index in [0.717, 1.165) is 48.9 Å². The molecule has 3 heteroatoms. The van der Waals surface area contributed by atoms with Gasteiger partial charge in [0.25, 0.3) is 0 Å². The van der Waals surface area contributed by atoms with Crippen LogP contribution in [0.5, 0.6) is 0 Å². The number of hydrogen-bond acceptors (Lipinski definition) is 3. The van der Waals surface area contributed by atoms with Crippen molar-refractivity contribution >= 4 is 0 Å². The Labute approximate surface area is 198 Å². The summed E-state index contributed by atoms with van der Waals surface area (Å²) in [6.45, 7) is 10.5. The highest BCUT2D eigenvalue weighted by atomic mass is 16.5. The second-order valence-electron chi connectivity index (χ2n) is 13.3. The summed E-state index contributed by atoms with van der Waals surface area (Å²) in [6.07, 6.45) is 15.9. The molecule has 0 radical (unpaired) electrons. The van der Waals surface area contributed by atoms with Crippen molar-refractivity contribution in [3.8, 4) is 0 Å². The molecule has 4 aliphatic rings. The van der Waals surface area contributed by atoms with Gasteiger partial charge >= 0.3 is 0 Å². The highest BCUT2D eigenvalue weighted by molar-refractivity contribution is 5.09. The lowest BCUT2D eigenvalue weighted by molar-refractivity contribution is -0.133. The van der Waals surface area contributed by atoms with Crippen molar-refractivity contribution in [2.45, 2.75) is 116 Å². The van der Waals surface area contributed by atoms with Gasteiger partial charge in [-0.25, -0.2) is 0 Å². The van der Waals surface area contributed by atoms with Gasteiger partial charge in [0, 0.05) is 20.8 Å². The molecule has 4 rings (SSSR count). The Morgan fingerprint density at radius 3 is 2.38 bits per heavy atom. The van der Waals surface area contributed by atoms with Crippen molar-refractivity contribution in [1.29, 1.82) is 0 Å². The van der Waals surface area contributed by atoms with Gasteiger partial charge in [-0.15, -0.1) is 0 Å². The first kappa shape index (κ1) is 25.0. The fourth-order valence-corrected chi connectivity index (χ4v) is 9.59. The summed E-state index contributed by atoms with van der Waals surface area (Å²) in [5, 5.41) is 10.8. The first-order valence-electron chi connectivity index (χ1n) is 13.9. The lowest BCUT2D eigenvalue weighted by Gasteiger charge is -2.61. The minimum Gasteiger partial charge on any atom is -0.390 e. The Morgan fingerprint density at radius 2 is 1.66 bits per heavy atom. The quantitative estimate of drug-likeness (QED) is 0.440. The Bertz CT molecular complexity index is 632. The molecule has 0 amide bonds. The van der Waals surface area contributed by atoms with E-state index in [-0.39, 0.29) is 0 Å². The molecule has 4 saturated carbocycles. The maximum atomic E-state index is 10.8. The molecule has 10 unspecified atom stereocenters. The third-order valence-electron chi connectivity index (χ3n) is 11.7. The minimum absolute atomic E-state index is 0.510. The molecule has 10 atom stereocenters. The Kier molecular flexibility index (Phi) is 7.42. The van der Waals surface area contributed by atoms with E-state index >= 15 is 0 Å². The fraction of sp³-hybridized carbons (Fsp3) is 1.00. The highest BCUT2D eigenvalue weighted by Crippen LogP contribution is 2.68. The zero-order chi connectivity index (χ0) is 23.1. The molecule has 1 N–H and O–H groups in total. The molecule has 0 aromatic rings. The molecule has 0 bridgehead atoms. The maximum Gasteiger partial charge on any atom is 0.0641 e. The first-order valence-corrected chi connectivity index (χ1v) is 13.9. The van der Waals surface area contributed by atoms with E-state index < -0.39 is 5.60 Å². The van der Waals surface area contributed by atoms with E-state index in [1.807, 2.05) is 14.0 Å². The van der Waals surface area contributed by atoms with Gasteiger partial charge in [-0.2, -0.15) is 0 Å². The molecule has 4 fully saturated rings. The number of methoxy groups -OCH3 is 2. The van der Waals surface area contributed by atoms with Gasteiger partial charge in [-0.1, -0.05) is 20.8 Å². The van der Waals surface area contributed by atoms with Crippen LogP contribution in [0.2, 0.25) is 0 Å². The summed E-state index contributed by atoms with van der Waals surface area (Å²) in [5.74, 6) is 5.26. The summed E-state index contributed by atoms with van der Waals surface area (Å²) >= 11 is 0. The monoisotopic (exact) mass is 448 g/mol. The SMILES string of the molecule is COCCC(C)(O)CCC(C)C1CCC2C3CCC4CC(OC)CCC4(C)C3CCC12C. The van der Waals surface area contributed by atoms with Crippen LogP contribution in [-0.2, 0) is 9.47 Å². The third kappa shape index (κ3) is 4.44. The van der Waals surface area contributed by atoms with Crippen LogP contribution in [0.3, 0.4) is 0 Å². The molecule has 0 aromatic heterocycles. The first-order chi connectivity index (χ1) is 15.1. The number of hydrogen-bond donors (Lipinski definition) is 1. The zero-order valence-corrected chi connectivity index (χ0v) is 22.0. The van der Waals surface area contributed by atoms with Gasteiger partial charge in [-0.05, 0) is 130 Å². The molecule has 0 aromatic carbocycles. The zero-order valence-electron chi connectivity index (χ0n) is 22.0. The number of ether oxygens (including phenoxy) is 2. The van der Waals surface area contributed by atoms with Gasteiger partial charge in [0.15, 0.2) is 0 Å². The lowest BCUT2D eigenvalue weighted by atomic mass is 9.44. The van der Waals surface area contributed by atoms with E-state index in [1.165, 1.54) is 57.8 Å². The molecular weight excluding hydrogens is 396 g/mol. The van der Waals surface area contributed by atoms with Crippen LogP contribution in [0, 0.1) is 46.3 Å². The summed E-state index contributed by atoms with van der Waals surface area (Å²) in [7, 11) is 3.65. The van der Waals surface area contributed by atoms with E-state index in [1.54, 1.807) is 7.11 Å². The van der Waals surface area contributed by atoms with E-state index in [9.17, 15) is 5.11 Å². The van der Waals surface area contributed by atoms with E-state index in [2.05, 4.69) is 20.8 Å². The van der Waals surface area contributed by atoms with Crippen LogP contribution in [0.1, 0.15) is 105 Å². The second-order valence-corrected chi connectivity index (χ2v) is 13.3. The van der Waals surface area contributed by atoms with Crippen LogP contribution >= 0.6 is 0 Å². The average Bonchev–Trinajstić information content (AvgIpc) is 3.13. The molecule has 3 nitrogen and oxygen atoms in total. The standard InChI is InChI=1S/C29H52O3/c1-20(11-14-27(2,30)17-18-31-5)24-9-10-25-23-8-7-21-19-22(32-6)12-15-28(21,3)26(23)13-16-29(24,25)4/h20-26,30H,7-19H2,1-6H3. The normalized spacial score (nSPS) is 46.6. The van der Waals surface area contributed by atoms with Crippen molar-refractivity contribution in [3.63, 3.8) is 0 Å². The second kappa shape index (κ2) is 9.50. The van der Waals surface area contributed by atoms with Gasteiger partial charge in [-0.3, -0.25) is 0 Å². The van der Waals surface area contributed by atoms with Gasteiger partial charge in [0.2, 0.25) is 0 Å². The Balaban J connectivity index is 1.42. The van der Waals surface area contributed by atoms with Crippen LogP contribution in [0.4, 0.5) is 0 Å². The summed E-state index contributed by atoms with van der Waals surface area (Å²) < 4.78 is 11.0. The van der Waals surface area contributed by atoms with Crippen LogP contribution in [-0.4, -0.2) is 37.6 Å². The fourth-order valence-electron chi connectivity index (χ4n) is 9.59. The predicted molar refractivity (Wildman–Crippen MR) is 132 cm³/mol. The van der Waals surface area contributed by atoms with Crippen molar-refractivity contribution in [2.75, 3.05) is 20.8 Å². The van der Waals surface area contributed by atoms with Crippen molar-refractivity contribution in [2.24, 2.45) is 46.3 Å². The van der Waals surface area contributed by atoms with Crippen LogP contribution in [0.15, 0.2) is 0 Å². The van der Waals surface area contributed by atoms with Crippen molar-refractivity contribution < 1.29 is 14.6 Å². The largest absolute Gasteiger partial charge is 0.390 e. The molecule has 0 saturated heterocycles. The molecule has 0 heterocycles. The van der Waals surface area contributed by atoms with Gasteiger partial charge in [0.1, 0.15) is 0 Å². The van der Waals surface area contributed by atoms with E-state index in [0.29, 0.717) is 29.5 Å². The number of aliphatic hydroxyl groups is 1. The maximum absolute atomic E-state index is 10.8. The van der Waals surface area contributed by atoms with Crippen LogP contribution in [0.25, 0.3) is 0 Å². The lowest BCUT2D eigenvalue weighted by Crippen LogP contribution is -2.54. The van der Waals surface area contributed by atoms with Crippen molar-refractivity contribution in [1.82, 2.24) is 0 Å². The van der Waals surface area contributed by atoms with Gasteiger partial charge in [0.05, 0.1) is 11.7 Å². The average molecular weight is 449 g/mol. The third-order valence-corrected chi connectivity index (χ3v) is 11.7. The number of fused-ring (bicyclic) bond motifs is 5. The van der Waals surface area contributed by atoms with Crippen LogP contribution < -0.4 is 0 Å². The molecule has 4 aliphatic carbocycles. The molecule has 0 spiro atoms. The molecular formula is C29H52O3.